The quantitative estimate of drug-likeness (QED) is 0.762. The smallest absolute Gasteiger partial charge is 0.224 e. The molecule has 0 spiro atoms. The van der Waals surface area contributed by atoms with Gasteiger partial charge in [-0.3, -0.25) is 0 Å². The van der Waals surface area contributed by atoms with Crippen molar-refractivity contribution in [1.29, 1.82) is 0 Å². The van der Waals surface area contributed by atoms with Crippen LogP contribution in [0.15, 0.2) is 34.1 Å². The summed E-state index contributed by atoms with van der Waals surface area (Å²) in [6, 6.07) is 4.57. The second-order valence-corrected chi connectivity index (χ2v) is 5.48. The predicted molar refractivity (Wildman–Crippen MR) is 50.9 cm³/mol. The highest BCUT2D eigenvalue weighted by Crippen LogP contribution is 2.37. The van der Waals surface area contributed by atoms with Crippen LogP contribution in [-0.2, 0) is 9.84 Å². The van der Waals surface area contributed by atoms with Crippen molar-refractivity contribution in [1.82, 2.24) is 0 Å². The molecule has 0 amide bonds. The summed E-state index contributed by atoms with van der Waals surface area (Å²) < 4.78 is 57.8. The van der Waals surface area contributed by atoms with Crippen LogP contribution in [0.2, 0.25) is 0 Å². The highest BCUT2D eigenvalue weighted by Gasteiger charge is 2.29. The number of alkyl halides is 3. The third kappa shape index (κ3) is 4.13. The van der Waals surface area contributed by atoms with Crippen molar-refractivity contribution >= 4 is 21.6 Å². The molecule has 83 valence electrons. The van der Waals surface area contributed by atoms with Crippen molar-refractivity contribution in [2.24, 2.45) is 0 Å². The third-order valence-electron chi connectivity index (χ3n) is 1.40. The molecule has 0 heterocycles. The normalized spacial score (nSPS) is 12.8. The number of thioether (sulfide) groups is 1. The molecule has 2 nitrogen and oxygen atoms in total. The molecule has 0 bridgehead atoms. The van der Waals surface area contributed by atoms with Gasteiger partial charge in [-0.2, -0.15) is 13.2 Å². The van der Waals surface area contributed by atoms with Crippen LogP contribution in [0.3, 0.4) is 0 Å². The minimum absolute atomic E-state index is 0.174. The number of sulfone groups is 1. The van der Waals surface area contributed by atoms with Gasteiger partial charge in [0.05, 0.1) is 11.2 Å². The lowest BCUT2D eigenvalue weighted by atomic mass is 10.4. The van der Waals surface area contributed by atoms with Gasteiger partial charge < -0.3 is 0 Å². The average Bonchev–Trinajstić information content (AvgIpc) is 1.99. The van der Waals surface area contributed by atoms with Gasteiger partial charge in [0.2, 0.25) is 0 Å². The lowest BCUT2D eigenvalue weighted by molar-refractivity contribution is -0.0328. The summed E-state index contributed by atoms with van der Waals surface area (Å²) in [4.78, 5) is -0.399. The van der Waals surface area contributed by atoms with E-state index in [9.17, 15) is 21.6 Å². The molecule has 0 aliphatic heterocycles. The predicted octanol–water partition coefficient (Wildman–Crippen LogP) is 2.86. The van der Waals surface area contributed by atoms with E-state index in [0.29, 0.717) is 0 Å². The molecular weight excluding hydrogens is 249 g/mol. The largest absolute Gasteiger partial charge is 0.446 e. The fraction of sp³-hybridized carbons (Fsp3) is 0.125. The Morgan fingerprint density at radius 1 is 1.27 bits per heavy atom. The van der Waals surface area contributed by atoms with Crippen LogP contribution in [0.4, 0.5) is 13.2 Å². The first-order valence-corrected chi connectivity index (χ1v) is 6.09. The highest BCUT2D eigenvalue weighted by atomic mass is 32.2. The van der Waals surface area contributed by atoms with E-state index in [1.54, 1.807) is 0 Å². The van der Waals surface area contributed by atoms with Gasteiger partial charge in [-0.25, -0.2) is 8.42 Å². The van der Waals surface area contributed by atoms with Gasteiger partial charge in [0.1, 0.15) is 0 Å². The lowest BCUT2D eigenvalue weighted by Crippen LogP contribution is -2.00. The van der Waals surface area contributed by atoms with E-state index in [1.165, 1.54) is 18.2 Å². The molecule has 0 saturated carbocycles. The van der Waals surface area contributed by atoms with E-state index in [1.807, 2.05) is 0 Å². The summed E-state index contributed by atoms with van der Waals surface area (Å²) in [5.74, 6) is 0. The van der Waals surface area contributed by atoms with Crippen molar-refractivity contribution in [3.63, 3.8) is 0 Å². The van der Waals surface area contributed by atoms with Gasteiger partial charge in [-0.05, 0) is 30.0 Å². The molecule has 0 aliphatic rings. The van der Waals surface area contributed by atoms with E-state index in [0.717, 1.165) is 6.07 Å². The fourth-order valence-electron chi connectivity index (χ4n) is 0.865. The Labute approximate surface area is 89.4 Å². The summed E-state index contributed by atoms with van der Waals surface area (Å²) in [7, 11) is -3.71. The second-order valence-electron chi connectivity index (χ2n) is 2.64. The Morgan fingerprint density at radius 3 is 2.33 bits per heavy atom. The number of rotatable bonds is 2. The molecule has 0 aliphatic carbocycles. The number of benzene rings is 1. The molecular formula is C8H6F3O2S2. The molecule has 1 rings (SSSR count). The summed E-state index contributed by atoms with van der Waals surface area (Å²) >= 11 is -0.361. The second kappa shape index (κ2) is 4.05. The van der Waals surface area contributed by atoms with Crippen LogP contribution in [-0.4, -0.2) is 13.9 Å². The average molecular weight is 255 g/mol. The molecule has 7 heteroatoms. The summed E-state index contributed by atoms with van der Waals surface area (Å²) in [6.45, 7) is 0. The molecule has 0 N–H and O–H groups in total. The first-order chi connectivity index (χ1) is 6.68. The summed E-state index contributed by atoms with van der Waals surface area (Å²) in [5.41, 5.74) is -4.43. The molecule has 0 atom stereocenters. The number of hydrogen-bond donors (Lipinski definition) is 0. The zero-order chi connectivity index (χ0) is 11.7. The van der Waals surface area contributed by atoms with Crippen LogP contribution in [0, 0.1) is 6.26 Å². The lowest BCUT2D eigenvalue weighted by Gasteiger charge is -2.06. The van der Waals surface area contributed by atoms with E-state index >= 15 is 0 Å². The fourth-order valence-corrected chi connectivity index (χ4v) is 2.13. The Bertz CT molecular complexity index is 451. The maximum absolute atomic E-state index is 12.0. The molecule has 0 saturated heterocycles. The third-order valence-corrected chi connectivity index (χ3v) is 3.09. The minimum Gasteiger partial charge on any atom is -0.224 e. The van der Waals surface area contributed by atoms with Crippen LogP contribution in [0.25, 0.3) is 0 Å². The molecule has 0 fully saturated rings. The Morgan fingerprint density at radius 2 is 1.87 bits per heavy atom. The number of hydrogen-bond acceptors (Lipinski definition) is 3. The standard InChI is InChI=1S/C8H6F3O2S2/c1-15(12,13)7-4-2-3-6(5-7)14-8(9,10)11/h2-5H,1H2. The maximum atomic E-state index is 12.0. The van der Waals surface area contributed by atoms with Gasteiger partial charge in [0, 0.05) is 4.90 Å². The molecule has 1 radical (unpaired) electrons. The van der Waals surface area contributed by atoms with Gasteiger partial charge >= 0.3 is 5.51 Å². The van der Waals surface area contributed by atoms with E-state index < -0.39 is 15.3 Å². The van der Waals surface area contributed by atoms with E-state index in [2.05, 4.69) is 6.26 Å². The topological polar surface area (TPSA) is 34.1 Å². The molecule has 1 aromatic rings. The van der Waals surface area contributed by atoms with Crippen LogP contribution in [0.1, 0.15) is 0 Å². The molecule has 1 aromatic carbocycles. The van der Waals surface area contributed by atoms with Crippen LogP contribution in [0.5, 0.6) is 0 Å². The minimum atomic E-state index is -4.43. The van der Waals surface area contributed by atoms with Crippen LogP contribution < -0.4 is 0 Å². The molecule has 0 unspecified atom stereocenters. The van der Waals surface area contributed by atoms with E-state index in [-0.39, 0.29) is 21.6 Å². The Hall–Kier alpha value is -0.690. The van der Waals surface area contributed by atoms with Crippen molar-refractivity contribution < 1.29 is 21.6 Å². The first kappa shape index (κ1) is 12.4. The summed E-state index contributed by atoms with van der Waals surface area (Å²) in [5, 5.41) is 0. The monoisotopic (exact) mass is 255 g/mol. The zero-order valence-electron chi connectivity index (χ0n) is 7.28. The SMILES string of the molecule is [CH2]S(=O)(=O)c1cccc(SC(F)(F)F)c1. The van der Waals surface area contributed by atoms with E-state index in [4.69, 9.17) is 0 Å². The van der Waals surface area contributed by atoms with Crippen molar-refractivity contribution in [3.05, 3.63) is 30.5 Å². The van der Waals surface area contributed by atoms with Crippen molar-refractivity contribution in [2.45, 2.75) is 15.3 Å². The molecule has 0 aromatic heterocycles. The first-order valence-electron chi connectivity index (χ1n) is 3.62. The number of halogens is 3. The van der Waals surface area contributed by atoms with Crippen molar-refractivity contribution in [2.75, 3.05) is 0 Å². The zero-order valence-corrected chi connectivity index (χ0v) is 8.92. The Balaban J connectivity index is 3.04. The van der Waals surface area contributed by atoms with Gasteiger partial charge in [-0.15, -0.1) is 0 Å². The van der Waals surface area contributed by atoms with Crippen LogP contribution >= 0.6 is 11.8 Å². The van der Waals surface area contributed by atoms with Gasteiger partial charge in [-0.1, -0.05) is 6.07 Å². The summed E-state index contributed by atoms with van der Waals surface area (Å²) in [6.07, 6.45) is 2.86. The van der Waals surface area contributed by atoms with Crippen molar-refractivity contribution in [3.8, 4) is 0 Å². The molecule has 15 heavy (non-hydrogen) atoms. The Kier molecular flexibility index (Phi) is 3.34. The van der Waals surface area contributed by atoms with Gasteiger partial charge in [0.15, 0.2) is 9.84 Å². The maximum Gasteiger partial charge on any atom is 0.446 e. The highest BCUT2D eigenvalue weighted by molar-refractivity contribution is 8.00. The van der Waals surface area contributed by atoms with Gasteiger partial charge in [0.25, 0.3) is 0 Å².